The number of Topliss-reactive ketones (excluding diaryl/α,β-unsaturated/α-hetero) is 1. The molecule has 176 valence electrons. The predicted molar refractivity (Wildman–Crippen MR) is 116 cm³/mol. The molecule has 2 aromatic carbocycles. The van der Waals surface area contributed by atoms with Crippen LogP contribution in [0.25, 0.3) is 0 Å². The number of carbonyl (C=O) groups is 4. The first-order valence-electron chi connectivity index (χ1n) is 10.8. The highest BCUT2D eigenvalue weighted by atomic mass is 19.4. The van der Waals surface area contributed by atoms with E-state index in [1.807, 2.05) is 0 Å². The Hall–Kier alpha value is -3.75. The lowest BCUT2D eigenvalue weighted by molar-refractivity contribution is -0.138. The highest BCUT2D eigenvalue weighted by Gasteiger charge is 2.31. The van der Waals surface area contributed by atoms with Gasteiger partial charge < -0.3 is 5.32 Å². The molecule has 0 saturated carbocycles. The van der Waals surface area contributed by atoms with Crippen LogP contribution in [0.3, 0.4) is 0 Å². The second-order valence-corrected chi connectivity index (χ2v) is 8.36. The number of rotatable bonds is 5. The first-order valence-corrected chi connectivity index (χ1v) is 10.8. The van der Waals surface area contributed by atoms with Crippen molar-refractivity contribution in [3.05, 3.63) is 81.9 Å². The van der Waals surface area contributed by atoms with Crippen molar-refractivity contribution in [3.63, 3.8) is 0 Å². The van der Waals surface area contributed by atoms with Crippen LogP contribution in [-0.4, -0.2) is 23.5 Å². The highest BCUT2D eigenvalue weighted by molar-refractivity contribution is 6.11. The van der Waals surface area contributed by atoms with E-state index in [4.69, 9.17) is 0 Å². The largest absolute Gasteiger partial charge is 0.416 e. The van der Waals surface area contributed by atoms with Crippen molar-refractivity contribution in [2.24, 2.45) is 5.92 Å². The molecule has 4 rings (SSSR count). The number of carbonyl (C=O) groups excluding carboxylic acids is 4. The van der Waals surface area contributed by atoms with Crippen LogP contribution in [0.5, 0.6) is 0 Å². The van der Waals surface area contributed by atoms with Crippen LogP contribution in [0, 0.1) is 5.92 Å². The van der Waals surface area contributed by atoms with Gasteiger partial charge in [0.1, 0.15) is 0 Å². The zero-order valence-electron chi connectivity index (χ0n) is 18.0. The fourth-order valence-corrected chi connectivity index (χ4v) is 4.12. The molecule has 0 radical (unpaired) electrons. The van der Waals surface area contributed by atoms with Crippen LogP contribution in [-0.2, 0) is 28.7 Å². The van der Waals surface area contributed by atoms with Crippen LogP contribution in [0.2, 0.25) is 0 Å². The second kappa shape index (κ2) is 9.24. The Kier molecular flexibility index (Phi) is 6.37. The lowest BCUT2D eigenvalue weighted by Crippen LogP contribution is -2.41. The summed E-state index contributed by atoms with van der Waals surface area (Å²) in [6, 6.07) is 9.15. The number of fused-ring (bicyclic) bond motifs is 1. The standard InChI is InChI=1S/C25H21F3N2O4/c26-25(27,28)19-7-4-15(5-8-19)23(33)29-13-14-1-9-20-16(11-14)2-3-17(22(20)32)12-18-6-10-21(31)30-24(18)34/h1,3-5,7-9,11,18H,2,6,10,12-13H2,(H,29,33)(H,30,31,34). The molecule has 1 unspecified atom stereocenters. The third-order valence-electron chi connectivity index (χ3n) is 6.02. The van der Waals surface area contributed by atoms with E-state index in [2.05, 4.69) is 10.6 Å². The first kappa shape index (κ1) is 23.4. The van der Waals surface area contributed by atoms with Crippen molar-refractivity contribution in [1.82, 2.24) is 10.6 Å². The summed E-state index contributed by atoms with van der Waals surface area (Å²) in [5, 5.41) is 4.97. The number of hydrogen-bond donors (Lipinski definition) is 2. The maximum atomic E-state index is 12.9. The Morgan fingerprint density at radius 2 is 1.79 bits per heavy atom. The van der Waals surface area contributed by atoms with Crippen molar-refractivity contribution in [3.8, 4) is 0 Å². The van der Waals surface area contributed by atoms with Crippen molar-refractivity contribution in [2.45, 2.75) is 38.4 Å². The molecule has 2 aromatic rings. The molecule has 1 atom stereocenters. The van der Waals surface area contributed by atoms with Crippen molar-refractivity contribution < 1.29 is 32.3 Å². The SMILES string of the molecule is O=C1CCC(CC2=CCc3cc(CNC(=O)c4ccc(C(F)(F)F)cc4)ccc3C2=O)C(=O)N1. The summed E-state index contributed by atoms with van der Waals surface area (Å²) in [6.07, 6.45) is -1.23. The molecule has 9 heteroatoms. The van der Waals surface area contributed by atoms with Gasteiger partial charge in [0.2, 0.25) is 11.8 Å². The average molecular weight is 470 g/mol. The first-order chi connectivity index (χ1) is 16.1. The third-order valence-corrected chi connectivity index (χ3v) is 6.02. The minimum Gasteiger partial charge on any atom is -0.348 e. The maximum Gasteiger partial charge on any atom is 0.416 e. The van der Waals surface area contributed by atoms with Crippen molar-refractivity contribution in [1.29, 1.82) is 0 Å². The maximum absolute atomic E-state index is 12.9. The Labute approximate surface area is 193 Å². The van der Waals surface area contributed by atoms with E-state index in [-0.39, 0.29) is 42.5 Å². The van der Waals surface area contributed by atoms with Gasteiger partial charge in [-0.25, -0.2) is 0 Å². The fourth-order valence-electron chi connectivity index (χ4n) is 4.12. The lowest BCUT2D eigenvalue weighted by Gasteiger charge is -2.23. The Morgan fingerprint density at radius 3 is 2.47 bits per heavy atom. The van der Waals surface area contributed by atoms with Crippen LogP contribution < -0.4 is 10.6 Å². The van der Waals surface area contributed by atoms with Crippen molar-refractivity contribution in [2.75, 3.05) is 0 Å². The Morgan fingerprint density at radius 1 is 1.06 bits per heavy atom. The summed E-state index contributed by atoms with van der Waals surface area (Å²) in [4.78, 5) is 48.5. The fraction of sp³-hybridized carbons (Fsp3) is 0.280. The van der Waals surface area contributed by atoms with Crippen molar-refractivity contribution >= 4 is 23.5 Å². The van der Waals surface area contributed by atoms with Crippen LogP contribution in [0.1, 0.15) is 56.7 Å². The molecule has 1 aliphatic heterocycles. The van der Waals surface area contributed by atoms with Crippen LogP contribution >= 0.6 is 0 Å². The summed E-state index contributed by atoms with van der Waals surface area (Å²) < 4.78 is 38.0. The number of halogens is 3. The number of piperidine rings is 1. The van der Waals surface area contributed by atoms with Crippen LogP contribution in [0.15, 0.2) is 54.1 Å². The average Bonchev–Trinajstić information content (AvgIpc) is 2.80. The van der Waals surface area contributed by atoms with Gasteiger partial charge in [0, 0.05) is 30.0 Å². The quantitative estimate of drug-likeness (QED) is 0.652. The van der Waals surface area contributed by atoms with E-state index in [9.17, 15) is 32.3 Å². The van der Waals surface area contributed by atoms with Gasteiger partial charge in [-0.2, -0.15) is 13.2 Å². The molecule has 1 heterocycles. The summed E-state index contributed by atoms with van der Waals surface area (Å²) in [5.41, 5.74) is 1.90. The van der Waals surface area contributed by atoms with Gasteiger partial charge in [0.25, 0.3) is 5.91 Å². The molecule has 6 nitrogen and oxygen atoms in total. The van der Waals surface area contributed by atoms with E-state index < -0.39 is 23.6 Å². The van der Waals surface area contributed by atoms with Crippen LogP contribution in [0.4, 0.5) is 13.2 Å². The molecule has 0 bridgehead atoms. The number of imide groups is 1. The zero-order valence-corrected chi connectivity index (χ0v) is 18.0. The Balaban J connectivity index is 1.37. The lowest BCUT2D eigenvalue weighted by atomic mass is 9.83. The number of ketones is 1. The molecular formula is C25H21F3N2O4. The van der Waals surface area contributed by atoms with Gasteiger partial charge in [-0.1, -0.05) is 24.3 Å². The molecule has 1 saturated heterocycles. The molecule has 1 fully saturated rings. The molecule has 1 aliphatic carbocycles. The second-order valence-electron chi connectivity index (χ2n) is 8.36. The number of hydrogen-bond acceptors (Lipinski definition) is 4. The van der Waals surface area contributed by atoms with E-state index in [0.29, 0.717) is 24.0 Å². The minimum absolute atomic E-state index is 0.113. The van der Waals surface area contributed by atoms with E-state index in [1.165, 1.54) is 0 Å². The number of alkyl halides is 3. The number of allylic oxidation sites excluding steroid dienone is 2. The van der Waals surface area contributed by atoms with Gasteiger partial charge in [-0.15, -0.1) is 0 Å². The number of nitrogens with one attached hydrogen (secondary N) is 2. The highest BCUT2D eigenvalue weighted by Crippen LogP contribution is 2.30. The monoisotopic (exact) mass is 470 g/mol. The third kappa shape index (κ3) is 5.08. The minimum atomic E-state index is -4.47. The van der Waals surface area contributed by atoms with Gasteiger partial charge in [0.15, 0.2) is 5.78 Å². The predicted octanol–water partition coefficient (Wildman–Crippen LogP) is 3.74. The summed E-state index contributed by atoms with van der Waals surface area (Å²) >= 11 is 0. The Bertz CT molecular complexity index is 1200. The number of amides is 3. The summed E-state index contributed by atoms with van der Waals surface area (Å²) in [5.74, 6) is -1.72. The molecule has 2 aliphatic rings. The number of benzene rings is 2. The summed E-state index contributed by atoms with van der Waals surface area (Å²) in [7, 11) is 0. The van der Waals surface area contributed by atoms with E-state index >= 15 is 0 Å². The van der Waals surface area contributed by atoms with Gasteiger partial charge in [0.05, 0.1) is 5.56 Å². The van der Waals surface area contributed by atoms with Gasteiger partial charge in [-0.05, 0) is 60.2 Å². The zero-order chi connectivity index (χ0) is 24.5. The molecule has 0 aromatic heterocycles. The van der Waals surface area contributed by atoms with E-state index in [1.54, 1.807) is 24.3 Å². The topological polar surface area (TPSA) is 92.3 Å². The molecular weight excluding hydrogens is 449 g/mol. The molecule has 34 heavy (non-hydrogen) atoms. The van der Waals surface area contributed by atoms with E-state index in [0.717, 1.165) is 35.4 Å². The molecule has 0 spiro atoms. The molecule has 3 amide bonds. The van der Waals surface area contributed by atoms with Gasteiger partial charge >= 0.3 is 6.18 Å². The summed E-state index contributed by atoms with van der Waals surface area (Å²) in [6.45, 7) is 0.147. The normalized spacial score (nSPS) is 18.1. The smallest absolute Gasteiger partial charge is 0.348 e. The van der Waals surface area contributed by atoms with Gasteiger partial charge in [-0.3, -0.25) is 24.5 Å². The molecule has 2 N–H and O–H groups in total.